The van der Waals surface area contributed by atoms with Gasteiger partial charge in [-0.1, -0.05) is 42.4 Å². The Hall–Kier alpha value is -2.42. The molecule has 6 nitrogen and oxygen atoms in total. The van der Waals surface area contributed by atoms with E-state index < -0.39 is 10.0 Å². The highest BCUT2D eigenvalue weighted by Gasteiger charge is 2.25. The number of nitrogens with zero attached hydrogens (tertiary/aromatic N) is 2. The summed E-state index contributed by atoms with van der Waals surface area (Å²) in [5.41, 5.74) is 1.46. The normalized spacial score (nSPS) is 16.2. The van der Waals surface area contributed by atoms with Crippen LogP contribution in [0.3, 0.4) is 0 Å². The van der Waals surface area contributed by atoms with E-state index in [2.05, 4.69) is 10.3 Å². The van der Waals surface area contributed by atoms with Gasteiger partial charge in [-0.15, -0.1) is 0 Å². The summed E-state index contributed by atoms with van der Waals surface area (Å²) in [6.07, 6.45) is 2.87. The number of carbonyl (C=O) groups is 1. The maximum absolute atomic E-state index is 12.8. The van der Waals surface area contributed by atoms with Gasteiger partial charge in [-0.3, -0.25) is 4.79 Å². The van der Waals surface area contributed by atoms with Gasteiger partial charge >= 0.3 is 0 Å². The molecule has 2 aromatic carbocycles. The van der Waals surface area contributed by atoms with Crippen LogP contribution in [0.1, 0.15) is 26.2 Å². The average molecular weight is 456 g/mol. The molecule has 1 N–H and O–H groups in total. The fourth-order valence-electron chi connectivity index (χ4n) is 3.56. The number of fused-ring (bicyclic) bond motifs is 1. The van der Waals surface area contributed by atoms with Crippen LogP contribution in [0.2, 0.25) is 0 Å². The first-order chi connectivity index (χ1) is 14.9. The van der Waals surface area contributed by atoms with Crippen LogP contribution in [0.15, 0.2) is 70.6 Å². The Morgan fingerprint density at radius 3 is 2.45 bits per heavy atom. The Morgan fingerprint density at radius 1 is 1.00 bits per heavy atom. The molecule has 0 saturated carbocycles. The van der Waals surface area contributed by atoms with E-state index in [0.717, 1.165) is 35.2 Å². The number of thioether (sulfide) groups is 1. The van der Waals surface area contributed by atoms with Crippen molar-refractivity contribution in [1.82, 2.24) is 9.29 Å². The van der Waals surface area contributed by atoms with E-state index in [-0.39, 0.29) is 16.1 Å². The first kappa shape index (κ1) is 21.8. The average Bonchev–Trinajstić information content (AvgIpc) is 2.80. The number of hydrogen-bond acceptors (Lipinski definition) is 5. The third-order valence-corrected chi connectivity index (χ3v) is 8.26. The second kappa shape index (κ2) is 9.38. The maximum atomic E-state index is 12.8. The summed E-state index contributed by atoms with van der Waals surface area (Å²) in [7, 11) is -3.47. The van der Waals surface area contributed by atoms with E-state index in [4.69, 9.17) is 0 Å². The van der Waals surface area contributed by atoms with Crippen molar-refractivity contribution < 1.29 is 13.2 Å². The Labute approximate surface area is 187 Å². The largest absolute Gasteiger partial charge is 0.325 e. The number of rotatable bonds is 6. The molecule has 1 unspecified atom stereocenters. The topological polar surface area (TPSA) is 79.4 Å². The lowest BCUT2D eigenvalue weighted by molar-refractivity contribution is -0.115. The van der Waals surface area contributed by atoms with Gasteiger partial charge in [0, 0.05) is 24.2 Å². The van der Waals surface area contributed by atoms with Crippen LogP contribution in [-0.2, 0) is 14.8 Å². The van der Waals surface area contributed by atoms with Crippen molar-refractivity contribution in [2.45, 2.75) is 41.4 Å². The molecule has 0 spiro atoms. The molecule has 162 valence electrons. The number of sulfonamides is 1. The summed E-state index contributed by atoms with van der Waals surface area (Å²) in [5, 5.41) is 4.35. The summed E-state index contributed by atoms with van der Waals surface area (Å²) in [4.78, 5) is 17.5. The molecule has 4 rings (SSSR count). The molecular formula is C23H25N3O3S2. The van der Waals surface area contributed by atoms with Crippen molar-refractivity contribution in [3.8, 4) is 0 Å². The lowest BCUT2D eigenvalue weighted by atomic mass is 10.2. The Balaban J connectivity index is 1.39. The van der Waals surface area contributed by atoms with E-state index in [9.17, 15) is 13.2 Å². The van der Waals surface area contributed by atoms with Gasteiger partial charge in [0.25, 0.3) is 0 Å². The summed E-state index contributed by atoms with van der Waals surface area (Å²) in [6, 6.07) is 18.2. The van der Waals surface area contributed by atoms with Gasteiger partial charge in [0.05, 0.1) is 20.7 Å². The summed E-state index contributed by atoms with van der Waals surface area (Å²) in [6.45, 7) is 2.96. The molecule has 0 radical (unpaired) electrons. The van der Waals surface area contributed by atoms with Crippen molar-refractivity contribution in [1.29, 1.82) is 0 Å². The van der Waals surface area contributed by atoms with E-state index in [1.165, 1.54) is 11.8 Å². The molecule has 0 aliphatic carbocycles. The van der Waals surface area contributed by atoms with E-state index in [1.54, 1.807) is 28.6 Å². The molecule has 1 fully saturated rings. The second-order valence-corrected chi connectivity index (χ2v) is 10.9. The molecule has 2 heterocycles. The van der Waals surface area contributed by atoms with E-state index in [0.29, 0.717) is 18.8 Å². The lowest BCUT2D eigenvalue weighted by Gasteiger charge is -2.25. The molecule has 1 aromatic heterocycles. The predicted molar refractivity (Wildman–Crippen MR) is 125 cm³/mol. The molecule has 1 aliphatic rings. The zero-order chi connectivity index (χ0) is 21.8. The number of carbonyl (C=O) groups excluding carboxylic acids is 1. The molecule has 1 saturated heterocycles. The van der Waals surface area contributed by atoms with Gasteiger partial charge in [-0.05, 0) is 56.2 Å². The smallest absolute Gasteiger partial charge is 0.243 e. The summed E-state index contributed by atoms with van der Waals surface area (Å²) >= 11 is 1.39. The minimum atomic E-state index is -3.47. The van der Waals surface area contributed by atoms with Gasteiger partial charge in [-0.25, -0.2) is 13.4 Å². The van der Waals surface area contributed by atoms with Crippen LogP contribution in [0.5, 0.6) is 0 Å². The standard InChI is InChI=1S/C23H25N3O3S2/c1-17(30-22-14-9-18-7-3-4-8-21(18)25-22)23(27)24-19-10-12-20(13-11-19)31(28,29)26-15-5-2-6-16-26/h3-4,7-14,17H,2,5-6,15-16H2,1H3,(H,24,27). The zero-order valence-corrected chi connectivity index (χ0v) is 19.0. The molecule has 1 aliphatic heterocycles. The van der Waals surface area contributed by atoms with Crippen LogP contribution in [0.4, 0.5) is 5.69 Å². The van der Waals surface area contributed by atoms with Crippen LogP contribution >= 0.6 is 11.8 Å². The molecular weight excluding hydrogens is 430 g/mol. The predicted octanol–water partition coefficient (Wildman–Crippen LogP) is 4.53. The molecule has 3 aromatic rings. The molecule has 1 atom stereocenters. The minimum Gasteiger partial charge on any atom is -0.325 e. The highest BCUT2D eigenvalue weighted by Crippen LogP contribution is 2.26. The Bertz CT molecular complexity index is 1170. The van der Waals surface area contributed by atoms with E-state index in [1.807, 2.05) is 43.3 Å². The van der Waals surface area contributed by atoms with Gasteiger partial charge in [-0.2, -0.15) is 4.31 Å². The van der Waals surface area contributed by atoms with Crippen molar-refractivity contribution in [2.75, 3.05) is 18.4 Å². The summed E-state index contributed by atoms with van der Waals surface area (Å²) in [5.74, 6) is -0.161. The van der Waals surface area contributed by atoms with Gasteiger partial charge in [0.15, 0.2) is 0 Å². The number of piperidine rings is 1. The van der Waals surface area contributed by atoms with Crippen molar-refractivity contribution >= 4 is 44.3 Å². The number of anilines is 1. The monoisotopic (exact) mass is 455 g/mol. The summed E-state index contributed by atoms with van der Waals surface area (Å²) < 4.78 is 27.0. The van der Waals surface area contributed by atoms with Gasteiger partial charge < -0.3 is 5.32 Å². The fraction of sp³-hybridized carbons (Fsp3) is 0.304. The number of pyridine rings is 1. The molecule has 31 heavy (non-hydrogen) atoms. The second-order valence-electron chi connectivity index (χ2n) is 7.58. The van der Waals surface area contributed by atoms with Crippen LogP contribution in [-0.4, -0.2) is 42.0 Å². The quantitative estimate of drug-likeness (QED) is 0.553. The van der Waals surface area contributed by atoms with Crippen molar-refractivity contribution in [2.24, 2.45) is 0 Å². The molecule has 0 bridgehead atoms. The molecule has 1 amide bonds. The number of amides is 1. The van der Waals surface area contributed by atoms with Gasteiger partial charge in [0.2, 0.25) is 15.9 Å². The SMILES string of the molecule is CC(Sc1ccc2ccccc2n1)C(=O)Nc1ccc(S(=O)(=O)N2CCCCC2)cc1. The van der Waals surface area contributed by atoms with Crippen LogP contribution < -0.4 is 5.32 Å². The molecule has 8 heteroatoms. The minimum absolute atomic E-state index is 0.161. The van der Waals surface area contributed by atoms with Gasteiger partial charge in [0.1, 0.15) is 0 Å². The first-order valence-corrected chi connectivity index (χ1v) is 12.7. The van der Waals surface area contributed by atoms with E-state index >= 15 is 0 Å². The van der Waals surface area contributed by atoms with Crippen molar-refractivity contribution in [3.05, 3.63) is 60.7 Å². The van der Waals surface area contributed by atoms with Crippen LogP contribution in [0, 0.1) is 0 Å². The third-order valence-electron chi connectivity index (χ3n) is 5.31. The van der Waals surface area contributed by atoms with Crippen LogP contribution in [0.25, 0.3) is 10.9 Å². The number of benzene rings is 2. The highest BCUT2D eigenvalue weighted by molar-refractivity contribution is 8.00. The van der Waals surface area contributed by atoms with Crippen molar-refractivity contribution in [3.63, 3.8) is 0 Å². The number of hydrogen-bond donors (Lipinski definition) is 1. The zero-order valence-electron chi connectivity index (χ0n) is 17.3. The highest BCUT2D eigenvalue weighted by atomic mass is 32.2. The number of aromatic nitrogens is 1. The Kier molecular flexibility index (Phi) is 6.60. The first-order valence-electron chi connectivity index (χ1n) is 10.4. The third kappa shape index (κ3) is 5.08. The fourth-order valence-corrected chi connectivity index (χ4v) is 5.90. The number of para-hydroxylation sites is 1. The number of nitrogens with one attached hydrogen (secondary N) is 1. The lowest BCUT2D eigenvalue weighted by Crippen LogP contribution is -2.35. The maximum Gasteiger partial charge on any atom is 0.243 e. The Morgan fingerprint density at radius 2 is 1.71 bits per heavy atom.